The Bertz CT molecular complexity index is 1400. The zero-order valence-electron chi connectivity index (χ0n) is 17.8. The number of nitrogens with one attached hydrogen (secondary N) is 1. The number of fused-ring (bicyclic) bond motifs is 1. The van der Waals surface area contributed by atoms with Gasteiger partial charge in [0.1, 0.15) is 17.2 Å². The molecule has 0 unspecified atom stereocenters. The highest BCUT2D eigenvalue weighted by atomic mass is 32.2. The molecule has 9 heteroatoms. The molecule has 0 spiro atoms. The van der Waals surface area contributed by atoms with E-state index < -0.39 is 10.0 Å². The number of nitrogens with zero attached hydrogens (tertiary/aromatic N) is 2. The maximum atomic E-state index is 12.4. The van der Waals surface area contributed by atoms with Gasteiger partial charge in [-0.3, -0.25) is 0 Å². The number of primary sulfonamides is 1. The standard InChI is InChI=1S/C23H22N4O4S/c1-14-7-6-10-20(32(24,28)29)21(14)22-23(27-19-9-5-4-8-18(19)26-22)25-15-11-16(30-2)13-17(12-15)31-3/h4-13H,1-3H3,(H,25,27)(H2,24,28,29). The molecule has 0 aliphatic heterocycles. The lowest BCUT2D eigenvalue weighted by Crippen LogP contribution is -2.15. The molecule has 3 N–H and O–H groups in total. The van der Waals surface area contributed by atoms with Crippen LogP contribution in [-0.2, 0) is 10.0 Å². The first-order valence-corrected chi connectivity index (χ1v) is 11.2. The molecule has 0 bridgehead atoms. The predicted octanol–water partition coefficient (Wildman–Crippen LogP) is 4.01. The van der Waals surface area contributed by atoms with Crippen molar-refractivity contribution in [1.82, 2.24) is 9.97 Å². The third kappa shape index (κ3) is 4.20. The molecule has 1 aromatic heterocycles. The minimum absolute atomic E-state index is 0.0200. The van der Waals surface area contributed by atoms with Crippen LogP contribution < -0.4 is 19.9 Å². The molecule has 0 aliphatic rings. The number of hydrogen-bond donors (Lipinski definition) is 2. The molecule has 4 rings (SSSR count). The lowest BCUT2D eigenvalue weighted by molar-refractivity contribution is 0.395. The van der Waals surface area contributed by atoms with Gasteiger partial charge in [0.15, 0.2) is 5.82 Å². The van der Waals surface area contributed by atoms with Crippen molar-refractivity contribution in [3.8, 4) is 22.8 Å². The topological polar surface area (TPSA) is 116 Å². The van der Waals surface area contributed by atoms with Gasteiger partial charge < -0.3 is 14.8 Å². The Morgan fingerprint density at radius 3 is 2.09 bits per heavy atom. The fraction of sp³-hybridized carbons (Fsp3) is 0.130. The van der Waals surface area contributed by atoms with Crippen LogP contribution in [0, 0.1) is 6.92 Å². The first kappa shape index (κ1) is 21.5. The van der Waals surface area contributed by atoms with Crippen LogP contribution in [0.4, 0.5) is 11.5 Å². The van der Waals surface area contributed by atoms with E-state index in [-0.39, 0.29) is 4.90 Å². The monoisotopic (exact) mass is 450 g/mol. The zero-order chi connectivity index (χ0) is 22.9. The number of ether oxygens (including phenoxy) is 2. The van der Waals surface area contributed by atoms with E-state index in [1.54, 1.807) is 51.5 Å². The van der Waals surface area contributed by atoms with Gasteiger partial charge in [-0.1, -0.05) is 24.3 Å². The van der Waals surface area contributed by atoms with E-state index >= 15 is 0 Å². The summed E-state index contributed by atoms with van der Waals surface area (Å²) in [4.78, 5) is 9.47. The molecule has 164 valence electrons. The van der Waals surface area contributed by atoms with E-state index in [1.165, 1.54) is 6.07 Å². The van der Waals surface area contributed by atoms with Gasteiger partial charge in [-0.15, -0.1) is 0 Å². The first-order valence-electron chi connectivity index (χ1n) is 9.70. The third-order valence-corrected chi connectivity index (χ3v) is 5.92. The smallest absolute Gasteiger partial charge is 0.238 e. The van der Waals surface area contributed by atoms with Crippen LogP contribution in [0.5, 0.6) is 11.5 Å². The molecule has 1 heterocycles. The van der Waals surface area contributed by atoms with Crippen molar-refractivity contribution in [2.45, 2.75) is 11.8 Å². The van der Waals surface area contributed by atoms with Crippen LogP contribution in [-0.4, -0.2) is 32.6 Å². The average molecular weight is 451 g/mol. The number of methoxy groups -OCH3 is 2. The van der Waals surface area contributed by atoms with E-state index in [9.17, 15) is 8.42 Å². The highest BCUT2D eigenvalue weighted by molar-refractivity contribution is 7.89. The maximum absolute atomic E-state index is 12.4. The van der Waals surface area contributed by atoms with Crippen LogP contribution in [0.2, 0.25) is 0 Å². The Balaban J connectivity index is 1.99. The SMILES string of the molecule is COc1cc(Nc2nc3ccccc3nc2-c2c(C)cccc2S(N)(=O)=O)cc(OC)c1. The minimum atomic E-state index is -4.00. The summed E-state index contributed by atoms with van der Waals surface area (Å²) < 4.78 is 35.4. The first-order chi connectivity index (χ1) is 15.3. The van der Waals surface area contributed by atoms with Crippen LogP contribution in [0.25, 0.3) is 22.3 Å². The number of benzene rings is 3. The summed E-state index contributed by atoms with van der Waals surface area (Å²) in [5.41, 5.74) is 3.38. The van der Waals surface area contributed by atoms with E-state index in [4.69, 9.17) is 24.6 Å². The third-order valence-electron chi connectivity index (χ3n) is 4.96. The molecule has 0 saturated carbocycles. The number of rotatable bonds is 6. The molecular weight excluding hydrogens is 428 g/mol. The quantitative estimate of drug-likeness (QED) is 0.456. The molecule has 0 saturated heterocycles. The van der Waals surface area contributed by atoms with Gasteiger partial charge in [0.25, 0.3) is 0 Å². The maximum Gasteiger partial charge on any atom is 0.238 e. The summed E-state index contributed by atoms with van der Waals surface area (Å²) in [7, 11) is -0.882. The molecule has 0 fully saturated rings. The van der Waals surface area contributed by atoms with Crippen LogP contribution >= 0.6 is 0 Å². The molecule has 0 aliphatic carbocycles. The second kappa shape index (κ2) is 8.45. The molecule has 0 radical (unpaired) electrons. The molecule has 32 heavy (non-hydrogen) atoms. The summed E-state index contributed by atoms with van der Waals surface area (Å²) in [5.74, 6) is 1.55. The van der Waals surface area contributed by atoms with E-state index in [0.29, 0.717) is 50.9 Å². The predicted molar refractivity (Wildman–Crippen MR) is 124 cm³/mol. The normalized spacial score (nSPS) is 11.4. The summed E-state index contributed by atoms with van der Waals surface area (Å²) in [5, 5.41) is 8.77. The van der Waals surface area contributed by atoms with Crippen molar-refractivity contribution in [2.75, 3.05) is 19.5 Å². The van der Waals surface area contributed by atoms with E-state index in [2.05, 4.69) is 5.32 Å². The van der Waals surface area contributed by atoms with Crippen LogP contribution in [0.15, 0.2) is 65.6 Å². The highest BCUT2D eigenvalue weighted by Gasteiger charge is 2.22. The van der Waals surface area contributed by atoms with Crippen molar-refractivity contribution in [3.63, 3.8) is 0 Å². The van der Waals surface area contributed by atoms with Crippen molar-refractivity contribution in [2.24, 2.45) is 5.14 Å². The second-order valence-electron chi connectivity index (χ2n) is 7.13. The number of hydrogen-bond acceptors (Lipinski definition) is 7. The highest BCUT2D eigenvalue weighted by Crippen LogP contribution is 2.36. The lowest BCUT2D eigenvalue weighted by Gasteiger charge is -2.17. The van der Waals surface area contributed by atoms with Crippen molar-refractivity contribution in [1.29, 1.82) is 0 Å². The number of anilines is 2. The van der Waals surface area contributed by atoms with E-state index in [1.807, 2.05) is 24.3 Å². The number of aromatic nitrogens is 2. The summed E-state index contributed by atoms with van der Waals surface area (Å²) >= 11 is 0. The van der Waals surface area contributed by atoms with Crippen molar-refractivity contribution in [3.05, 3.63) is 66.2 Å². The molecular formula is C23H22N4O4S. The number of sulfonamides is 1. The van der Waals surface area contributed by atoms with Gasteiger partial charge >= 0.3 is 0 Å². The summed E-state index contributed by atoms with van der Waals surface area (Å²) in [6.07, 6.45) is 0. The molecule has 3 aromatic carbocycles. The van der Waals surface area contributed by atoms with Gasteiger partial charge in [-0.25, -0.2) is 23.5 Å². The van der Waals surface area contributed by atoms with Gasteiger partial charge in [0.2, 0.25) is 10.0 Å². The molecule has 0 atom stereocenters. The molecule has 8 nitrogen and oxygen atoms in total. The fourth-order valence-electron chi connectivity index (χ4n) is 3.46. The van der Waals surface area contributed by atoms with Crippen molar-refractivity contribution < 1.29 is 17.9 Å². The Labute approximate surface area is 186 Å². The lowest BCUT2D eigenvalue weighted by atomic mass is 10.0. The largest absolute Gasteiger partial charge is 0.497 e. The van der Waals surface area contributed by atoms with E-state index in [0.717, 1.165) is 0 Å². The van der Waals surface area contributed by atoms with Gasteiger partial charge in [-0.2, -0.15) is 0 Å². The Morgan fingerprint density at radius 2 is 1.50 bits per heavy atom. The minimum Gasteiger partial charge on any atom is -0.497 e. The molecule has 4 aromatic rings. The summed E-state index contributed by atoms with van der Waals surface area (Å²) in [6, 6.07) is 17.6. The molecule has 0 amide bonds. The number of aryl methyl sites for hydroxylation is 1. The number of nitrogens with two attached hydrogens (primary N) is 1. The Hall–Kier alpha value is -3.69. The Kier molecular flexibility index (Phi) is 5.68. The number of para-hydroxylation sites is 2. The Morgan fingerprint density at radius 1 is 0.875 bits per heavy atom. The van der Waals surface area contributed by atoms with Gasteiger partial charge in [0, 0.05) is 29.4 Å². The van der Waals surface area contributed by atoms with Gasteiger partial charge in [-0.05, 0) is 30.7 Å². The average Bonchev–Trinajstić information content (AvgIpc) is 2.77. The second-order valence-corrected chi connectivity index (χ2v) is 8.66. The van der Waals surface area contributed by atoms with Crippen LogP contribution in [0.3, 0.4) is 0 Å². The summed E-state index contributed by atoms with van der Waals surface area (Å²) in [6.45, 7) is 1.80. The van der Waals surface area contributed by atoms with Crippen molar-refractivity contribution >= 4 is 32.6 Å². The fourth-order valence-corrected chi connectivity index (χ4v) is 4.27. The van der Waals surface area contributed by atoms with Gasteiger partial charge in [0.05, 0.1) is 30.1 Å². The van der Waals surface area contributed by atoms with Crippen LogP contribution in [0.1, 0.15) is 5.56 Å². The zero-order valence-corrected chi connectivity index (χ0v) is 18.6.